The fourth-order valence-corrected chi connectivity index (χ4v) is 4.33. The van der Waals surface area contributed by atoms with Gasteiger partial charge in [-0.25, -0.2) is 0 Å². The van der Waals surface area contributed by atoms with E-state index in [1.807, 2.05) is 0 Å². The summed E-state index contributed by atoms with van der Waals surface area (Å²) < 4.78 is 0. The second kappa shape index (κ2) is 6.55. The molecule has 1 N–H and O–H groups in total. The summed E-state index contributed by atoms with van der Waals surface area (Å²) in [5.74, 6) is 1.91. The molecule has 0 aromatic heterocycles. The van der Waals surface area contributed by atoms with Gasteiger partial charge in [0.25, 0.3) is 0 Å². The molecule has 19 heavy (non-hydrogen) atoms. The number of nitrogens with one attached hydrogen (secondary N) is 1. The highest BCUT2D eigenvalue weighted by Gasteiger charge is 2.36. The van der Waals surface area contributed by atoms with Crippen LogP contribution < -0.4 is 5.32 Å². The molecule has 2 saturated heterocycles. The Balaban J connectivity index is 1.39. The molecular formula is C16H31N3. The quantitative estimate of drug-likeness (QED) is 0.818. The molecule has 0 spiro atoms. The van der Waals surface area contributed by atoms with E-state index in [2.05, 4.69) is 22.2 Å². The summed E-state index contributed by atoms with van der Waals surface area (Å²) in [7, 11) is 2.09. The zero-order chi connectivity index (χ0) is 13.1. The molecule has 2 unspecified atom stereocenters. The molecule has 2 atom stereocenters. The first kappa shape index (κ1) is 13.8. The Morgan fingerprint density at radius 1 is 0.947 bits per heavy atom. The van der Waals surface area contributed by atoms with E-state index in [1.165, 1.54) is 77.8 Å². The van der Waals surface area contributed by atoms with Crippen molar-refractivity contribution in [1.29, 1.82) is 0 Å². The number of hydrogen-bond acceptors (Lipinski definition) is 3. The van der Waals surface area contributed by atoms with Crippen molar-refractivity contribution in [2.24, 2.45) is 11.8 Å². The third kappa shape index (κ3) is 3.32. The lowest BCUT2D eigenvalue weighted by molar-refractivity contribution is 0.0307. The minimum Gasteiger partial charge on any atom is -0.319 e. The second-order valence-corrected chi connectivity index (χ2v) is 6.95. The van der Waals surface area contributed by atoms with E-state index < -0.39 is 0 Å². The van der Waals surface area contributed by atoms with Crippen LogP contribution in [0.3, 0.4) is 0 Å². The minimum atomic E-state index is 0.903. The van der Waals surface area contributed by atoms with E-state index >= 15 is 0 Å². The van der Waals surface area contributed by atoms with Gasteiger partial charge in [0, 0.05) is 12.6 Å². The summed E-state index contributed by atoms with van der Waals surface area (Å²) in [6.07, 6.45) is 8.65. The van der Waals surface area contributed by atoms with Crippen LogP contribution in [0, 0.1) is 11.8 Å². The first-order valence-corrected chi connectivity index (χ1v) is 8.48. The van der Waals surface area contributed by atoms with Crippen molar-refractivity contribution in [2.75, 3.05) is 46.3 Å². The highest BCUT2D eigenvalue weighted by Crippen LogP contribution is 2.34. The number of hydrogen-bond donors (Lipinski definition) is 1. The van der Waals surface area contributed by atoms with Crippen LogP contribution in [-0.2, 0) is 0 Å². The fourth-order valence-electron chi connectivity index (χ4n) is 4.33. The van der Waals surface area contributed by atoms with Crippen molar-refractivity contribution >= 4 is 0 Å². The van der Waals surface area contributed by atoms with E-state index in [9.17, 15) is 0 Å². The van der Waals surface area contributed by atoms with Crippen molar-refractivity contribution < 1.29 is 0 Å². The summed E-state index contributed by atoms with van der Waals surface area (Å²) in [6, 6.07) is 0.903. The van der Waals surface area contributed by atoms with Crippen LogP contribution in [0.5, 0.6) is 0 Å². The molecule has 3 heteroatoms. The van der Waals surface area contributed by atoms with Gasteiger partial charge in [-0.3, -0.25) is 0 Å². The van der Waals surface area contributed by atoms with Gasteiger partial charge in [0.15, 0.2) is 0 Å². The van der Waals surface area contributed by atoms with E-state index in [1.54, 1.807) is 0 Å². The monoisotopic (exact) mass is 265 g/mol. The maximum atomic E-state index is 3.36. The van der Waals surface area contributed by atoms with Crippen molar-refractivity contribution in [3.8, 4) is 0 Å². The summed E-state index contributed by atoms with van der Waals surface area (Å²) in [6.45, 7) is 8.07. The zero-order valence-corrected chi connectivity index (χ0v) is 12.6. The van der Waals surface area contributed by atoms with Crippen LogP contribution in [0.2, 0.25) is 0 Å². The molecule has 3 aliphatic rings. The average molecular weight is 265 g/mol. The maximum Gasteiger partial charge on any atom is 0.0136 e. The number of nitrogens with zero attached hydrogens (tertiary/aromatic N) is 2. The molecule has 1 saturated carbocycles. The molecule has 0 aromatic rings. The van der Waals surface area contributed by atoms with Gasteiger partial charge in [0.05, 0.1) is 0 Å². The summed E-state index contributed by atoms with van der Waals surface area (Å²) in [5.41, 5.74) is 0. The Kier molecular flexibility index (Phi) is 4.78. The largest absolute Gasteiger partial charge is 0.319 e. The molecule has 3 fully saturated rings. The third-order valence-corrected chi connectivity index (χ3v) is 5.68. The Labute approximate surface area is 118 Å². The van der Waals surface area contributed by atoms with Crippen LogP contribution in [-0.4, -0.2) is 62.2 Å². The van der Waals surface area contributed by atoms with Crippen LogP contribution in [0.4, 0.5) is 0 Å². The SMILES string of the molecule is CNCC1CCC1N1CCC(CN2CCCC2)CC1. The molecule has 0 radical (unpaired) electrons. The molecule has 2 heterocycles. The Morgan fingerprint density at radius 3 is 2.26 bits per heavy atom. The molecule has 0 aromatic carbocycles. The van der Waals surface area contributed by atoms with Crippen LogP contribution in [0.25, 0.3) is 0 Å². The Bertz CT molecular complexity index is 267. The maximum absolute atomic E-state index is 3.36. The lowest BCUT2D eigenvalue weighted by Gasteiger charge is -2.47. The van der Waals surface area contributed by atoms with Crippen LogP contribution in [0.1, 0.15) is 38.5 Å². The first-order valence-electron chi connectivity index (χ1n) is 8.48. The smallest absolute Gasteiger partial charge is 0.0136 e. The third-order valence-electron chi connectivity index (χ3n) is 5.68. The normalized spacial score (nSPS) is 34.6. The minimum absolute atomic E-state index is 0.903. The van der Waals surface area contributed by atoms with Gasteiger partial charge >= 0.3 is 0 Å². The predicted octanol–water partition coefficient (Wildman–Crippen LogP) is 1.79. The van der Waals surface area contributed by atoms with Crippen LogP contribution >= 0.6 is 0 Å². The van der Waals surface area contributed by atoms with E-state index in [-0.39, 0.29) is 0 Å². The average Bonchev–Trinajstić information content (AvgIpc) is 2.90. The highest BCUT2D eigenvalue weighted by molar-refractivity contribution is 4.92. The molecule has 2 aliphatic heterocycles. The highest BCUT2D eigenvalue weighted by atomic mass is 15.2. The van der Waals surface area contributed by atoms with Crippen LogP contribution in [0.15, 0.2) is 0 Å². The van der Waals surface area contributed by atoms with Gasteiger partial charge in [0.1, 0.15) is 0 Å². The van der Waals surface area contributed by atoms with Gasteiger partial charge in [-0.1, -0.05) is 0 Å². The molecule has 0 amide bonds. The molecular weight excluding hydrogens is 234 g/mol. The van der Waals surface area contributed by atoms with E-state index in [0.717, 1.165) is 17.9 Å². The molecule has 110 valence electrons. The molecule has 0 bridgehead atoms. The second-order valence-electron chi connectivity index (χ2n) is 6.95. The summed E-state index contributed by atoms with van der Waals surface area (Å²) in [4.78, 5) is 5.50. The number of rotatable bonds is 5. The number of piperidine rings is 1. The molecule has 3 nitrogen and oxygen atoms in total. The summed E-state index contributed by atoms with van der Waals surface area (Å²) >= 11 is 0. The van der Waals surface area contributed by atoms with Gasteiger partial charge in [-0.05, 0) is 90.1 Å². The Hall–Kier alpha value is -0.120. The van der Waals surface area contributed by atoms with Crippen molar-refractivity contribution in [3.63, 3.8) is 0 Å². The predicted molar refractivity (Wildman–Crippen MR) is 80.4 cm³/mol. The standard InChI is InChI=1S/C16H31N3/c1-17-12-15-4-5-16(15)19-10-6-14(7-11-19)13-18-8-2-3-9-18/h14-17H,2-13H2,1H3. The topological polar surface area (TPSA) is 18.5 Å². The van der Waals surface area contributed by atoms with Gasteiger partial charge in [0.2, 0.25) is 0 Å². The van der Waals surface area contributed by atoms with Gasteiger partial charge in [-0.2, -0.15) is 0 Å². The lowest BCUT2D eigenvalue weighted by atomic mass is 9.77. The molecule has 1 aliphatic carbocycles. The van der Waals surface area contributed by atoms with Gasteiger partial charge in [-0.15, -0.1) is 0 Å². The van der Waals surface area contributed by atoms with Crippen molar-refractivity contribution in [2.45, 2.75) is 44.6 Å². The Morgan fingerprint density at radius 2 is 1.68 bits per heavy atom. The fraction of sp³-hybridized carbons (Fsp3) is 1.00. The first-order chi connectivity index (χ1) is 9.36. The lowest BCUT2D eigenvalue weighted by Crippen LogP contribution is -2.53. The van der Waals surface area contributed by atoms with Gasteiger partial charge < -0.3 is 15.1 Å². The van der Waals surface area contributed by atoms with Crippen molar-refractivity contribution in [3.05, 3.63) is 0 Å². The van der Waals surface area contributed by atoms with E-state index in [0.29, 0.717) is 0 Å². The van der Waals surface area contributed by atoms with E-state index in [4.69, 9.17) is 0 Å². The zero-order valence-electron chi connectivity index (χ0n) is 12.6. The summed E-state index contributed by atoms with van der Waals surface area (Å²) in [5, 5.41) is 3.36. The van der Waals surface area contributed by atoms with Crippen molar-refractivity contribution in [1.82, 2.24) is 15.1 Å². The molecule has 3 rings (SSSR count). The number of likely N-dealkylation sites (tertiary alicyclic amines) is 2.